The Labute approximate surface area is 97.6 Å². The number of carbonyl (C=O) groups is 3. The fourth-order valence-corrected chi connectivity index (χ4v) is 1.33. The summed E-state index contributed by atoms with van der Waals surface area (Å²) in [6.45, 7) is 1.35. The summed E-state index contributed by atoms with van der Waals surface area (Å²) >= 11 is 5.32. The first kappa shape index (κ1) is 12.4. The van der Waals surface area contributed by atoms with Crippen molar-refractivity contribution in [1.29, 1.82) is 0 Å². The van der Waals surface area contributed by atoms with Crippen LogP contribution in [0.4, 0.5) is 0 Å². The predicted molar refractivity (Wildman–Crippen MR) is 60.0 cm³/mol. The lowest BCUT2D eigenvalue weighted by Crippen LogP contribution is -2.18. The van der Waals surface area contributed by atoms with Gasteiger partial charge in [-0.25, -0.2) is 0 Å². The molecule has 16 heavy (non-hydrogen) atoms. The number of amides is 1. The van der Waals surface area contributed by atoms with Gasteiger partial charge in [0.25, 0.3) is 11.1 Å². The average Bonchev–Trinajstić information content (AvgIpc) is 2.27. The van der Waals surface area contributed by atoms with E-state index in [1.54, 1.807) is 0 Å². The first-order chi connectivity index (χ1) is 7.45. The van der Waals surface area contributed by atoms with Crippen LogP contribution in [0.1, 0.15) is 38.0 Å². The smallest absolute Gasteiger partial charge is 0.252 e. The highest BCUT2D eigenvalue weighted by molar-refractivity contribution is 6.67. The molecule has 0 unspecified atom stereocenters. The highest BCUT2D eigenvalue weighted by Gasteiger charge is 2.12. The van der Waals surface area contributed by atoms with E-state index >= 15 is 0 Å². The number of ketones is 1. The van der Waals surface area contributed by atoms with Gasteiger partial charge in [0, 0.05) is 23.7 Å². The van der Waals surface area contributed by atoms with Crippen LogP contribution in [-0.4, -0.2) is 24.0 Å². The molecule has 0 saturated heterocycles. The summed E-state index contributed by atoms with van der Waals surface area (Å²) in [7, 11) is 1.46. The monoisotopic (exact) mass is 239 g/mol. The second-order valence-corrected chi connectivity index (χ2v) is 3.55. The number of nitrogens with one attached hydrogen (secondary N) is 1. The number of Topliss-reactive ketones (excluding diaryl/α,β-unsaturated/α-hetero) is 1. The topological polar surface area (TPSA) is 63.2 Å². The zero-order chi connectivity index (χ0) is 12.3. The summed E-state index contributed by atoms with van der Waals surface area (Å²) in [5, 5.41) is 1.71. The van der Waals surface area contributed by atoms with Gasteiger partial charge in [-0.3, -0.25) is 14.4 Å². The molecule has 0 aliphatic heterocycles. The van der Waals surface area contributed by atoms with Crippen molar-refractivity contribution < 1.29 is 14.4 Å². The number of halogens is 1. The third-order valence-electron chi connectivity index (χ3n) is 2.06. The molecule has 0 fully saturated rings. The van der Waals surface area contributed by atoms with Gasteiger partial charge in [-0.05, 0) is 36.7 Å². The molecule has 0 radical (unpaired) electrons. The molecule has 1 aromatic carbocycles. The Hall–Kier alpha value is -1.68. The van der Waals surface area contributed by atoms with E-state index in [-0.39, 0.29) is 28.4 Å². The Balaban J connectivity index is 3.35. The predicted octanol–water partition coefficient (Wildman–Crippen LogP) is 1.63. The second-order valence-electron chi connectivity index (χ2n) is 3.21. The van der Waals surface area contributed by atoms with Crippen LogP contribution in [0, 0.1) is 0 Å². The molecule has 0 aliphatic rings. The molecule has 0 aromatic heterocycles. The number of carbonyl (C=O) groups excluding carboxylic acids is 3. The van der Waals surface area contributed by atoms with Crippen LogP contribution in [-0.2, 0) is 0 Å². The standard InChI is InChI=1S/C11H10ClNO3/c1-6(14)7-3-8(10(12)15)5-9(4-7)11(16)13-2/h3-5H,1-2H3,(H,13,16). The summed E-state index contributed by atoms with van der Waals surface area (Å²) in [5.41, 5.74) is 0.650. The Kier molecular flexibility index (Phi) is 3.79. The Bertz CT molecular complexity index is 436. The van der Waals surface area contributed by atoms with Crippen molar-refractivity contribution >= 4 is 28.5 Å². The fourth-order valence-electron chi connectivity index (χ4n) is 1.22. The molecular weight excluding hydrogens is 230 g/mol. The highest BCUT2D eigenvalue weighted by Crippen LogP contribution is 2.13. The van der Waals surface area contributed by atoms with Crippen LogP contribution in [0.3, 0.4) is 0 Å². The van der Waals surface area contributed by atoms with Crippen LogP contribution in [0.15, 0.2) is 18.2 Å². The van der Waals surface area contributed by atoms with Gasteiger partial charge in [-0.2, -0.15) is 0 Å². The molecule has 84 valence electrons. The molecule has 0 atom stereocenters. The maximum Gasteiger partial charge on any atom is 0.252 e. The number of hydrogen-bond acceptors (Lipinski definition) is 3. The largest absolute Gasteiger partial charge is 0.355 e. The van der Waals surface area contributed by atoms with Gasteiger partial charge in [-0.1, -0.05) is 0 Å². The second kappa shape index (κ2) is 4.90. The molecule has 1 rings (SSSR count). The quantitative estimate of drug-likeness (QED) is 0.644. The SMILES string of the molecule is CNC(=O)c1cc(C(C)=O)cc(C(=O)Cl)c1. The zero-order valence-electron chi connectivity index (χ0n) is 8.83. The minimum atomic E-state index is -0.701. The van der Waals surface area contributed by atoms with Crippen molar-refractivity contribution in [2.24, 2.45) is 0 Å². The van der Waals surface area contributed by atoms with E-state index in [0.29, 0.717) is 0 Å². The van der Waals surface area contributed by atoms with Crippen LogP contribution in [0.2, 0.25) is 0 Å². The minimum absolute atomic E-state index is 0.132. The van der Waals surface area contributed by atoms with E-state index in [4.69, 9.17) is 11.6 Å². The van der Waals surface area contributed by atoms with Gasteiger partial charge in [0.2, 0.25) is 0 Å². The Morgan fingerprint density at radius 2 is 1.56 bits per heavy atom. The number of benzene rings is 1. The summed E-state index contributed by atoms with van der Waals surface area (Å²) in [4.78, 5) is 33.6. The molecular formula is C11H10ClNO3. The average molecular weight is 240 g/mol. The van der Waals surface area contributed by atoms with Gasteiger partial charge in [0.15, 0.2) is 5.78 Å². The maximum absolute atomic E-state index is 11.4. The van der Waals surface area contributed by atoms with Crippen molar-refractivity contribution in [3.8, 4) is 0 Å². The summed E-state index contributed by atoms with van der Waals surface area (Å²) in [5.74, 6) is -0.604. The summed E-state index contributed by atoms with van der Waals surface area (Å²) < 4.78 is 0. The van der Waals surface area contributed by atoms with Gasteiger partial charge in [0.05, 0.1) is 0 Å². The molecule has 4 nitrogen and oxygen atoms in total. The third kappa shape index (κ3) is 2.67. The van der Waals surface area contributed by atoms with Crippen LogP contribution >= 0.6 is 11.6 Å². The van der Waals surface area contributed by atoms with Gasteiger partial charge in [0.1, 0.15) is 0 Å². The van der Waals surface area contributed by atoms with Crippen LogP contribution in [0.25, 0.3) is 0 Å². The number of hydrogen-bond donors (Lipinski definition) is 1. The Morgan fingerprint density at radius 3 is 2.00 bits per heavy atom. The van der Waals surface area contributed by atoms with E-state index in [0.717, 1.165) is 0 Å². The van der Waals surface area contributed by atoms with E-state index < -0.39 is 5.24 Å². The van der Waals surface area contributed by atoms with E-state index in [2.05, 4.69) is 5.32 Å². The third-order valence-corrected chi connectivity index (χ3v) is 2.27. The number of rotatable bonds is 3. The van der Waals surface area contributed by atoms with Gasteiger partial charge in [-0.15, -0.1) is 0 Å². The van der Waals surface area contributed by atoms with Crippen LogP contribution < -0.4 is 5.32 Å². The van der Waals surface area contributed by atoms with Crippen molar-refractivity contribution in [2.45, 2.75) is 6.92 Å². The van der Waals surface area contributed by atoms with Crippen LogP contribution in [0.5, 0.6) is 0 Å². The maximum atomic E-state index is 11.4. The molecule has 0 bridgehead atoms. The summed E-state index contributed by atoms with van der Waals surface area (Å²) in [6.07, 6.45) is 0. The molecule has 1 N–H and O–H groups in total. The molecule has 0 saturated carbocycles. The van der Waals surface area contributed by atoms with Crippen molar-refractivity contribution in [2.75, 3.05) is 7.05 Å². The Morgan fingerprint density at radius 1 is 1.06 bits per heavy atom. The molecule has 0 aliphatic carbocycles. The fraction of sp³-hybridized carbons (Fsp3) is 0.182. The summed E-state index contributed by atoms with van der Waals surface area (Å²) in [6, 6.07) is 4.13. The van der Waals surface area contributed by atoms with Gasteiger partial charge < -0.3 is 5.32 Å². The van der Waals surface area contributed by atoms with Crippen molar-refractivity contribution in [1.82, 2.24) is 5.32 Å². The van der Waals surface area contributed by atoms with E-state index in [1.165, 1.54) is 32.2 Å². The highest BCUT2D eigenvalue weighted by atomic mass is 35.5. The molecule has 5 heteroatoms. The first-order valence-corrected chi connectivity index (χ1v) is 4.91. The molecule has 1 amide bonds. The van der Waals surface area contributed by atoms with Gasteiger partial charge >= 0.3 is 0 Å². The lowest BCUT2D eigenvalue weighted by Gasteiger charge is -2.04. The normalized spacial score (nSPS) is 9.69. The van der Waals surface area contributed by atoms with E-state index in [1.807, 2.05) is 0 Å². The minimum Gasteiger partial charge on any atom is -0.355 e. The first-order valence-electron chi connectivity index (χ1n) is 4.53. The molecule has 0 spiro atoms. The van der Waals surface area contributed by atoms with Crippen molar-refractivity contribution in [3.05, 3.63) is 34.9 Å². The molecule has 0 heterocycles. The lowest BCUT2D eigenvalue weighted by molar-refractivity contribution is 0.0963. The lowest BCUT2D eigenvalue weighted by atomic mass is 10.0. The zero-order valence-corrected chi connectivity index (χ0v) is 9.59. The molecule has 1 aromatic rings. The van der Waals surface area contributed by atoms with E-state index in [9.17, 15) is 14.4 Å². The van der Waals surface area contributed by atoms with Crippen molar-refractivity contribution in [3.63, 3.8) is 0 Å².